The molecule has 6 rings (SSSR count). The summed E-state index contributed by atoms with van der Waals surface area (Å²) in [5.74, 6) is 1.25. The van der Waals surface area contributed by atoms with Gasteiger partial charge in [-0.1, -0.05) is 29.8 Å². The molecule has 6 aromatic rings. The first-order valence-electron chi connectivity index (χ1n) is 12.7. The molecule has 3 aromatic carbocycles. The summed E-state index contributed by atoms with van der Waals surface area (Å²) < 4.78 is 32.0. The van der Waals surface area contributed by atoms with Crippen molar-refractivity contribution in [1.29, 1.82) is 0 Å². The molecule has 0 aliphatic rings. The third kappa shape index (κ3) is 4.89. The first-order chi connectivity index (χ1) is 19.9. The first-order valence-corrected chi connectivity index (χ1v) is 12.7. The van der Waals surface area contributed by atoms with Crippen molar-refractivity contribution in [3.63, 3.8) is 0 Å². The predicted molar refractivity (Wildman–Crippen MR) is 156 cm³/mol. The van der Waals surface area contributed by atoms with Gasteiger partial charge in [-0.3, -0.25) is 9.97 Å². The summed E-state index contributed by atoms with van der Waals surface area (Å²) in [6.45, 7) is 2.00. The van der Waals surface area contributed by atoms with Crippen LogP contribution in [0.2, 0.25) is 0 Å². The Bertz CT molecular complexity index is 1910. The molecule has 0 fully saturated rings. The van der Waals surface area contributed by atoms with Crippen molar-refractivity contribution in [2.24, 2.45) is 0 Å². The molecule has 0 unspecified atom stereocenters. The zero-order valence-corrected chi connectivity index (χ0v) is 22.5. The van der Waals surface area contributed by atoms with E-state index in [2.05, 4.69) is 20.3 Å². The molecular formula is C32H25FN4O4. The van der Waals surface area contributed by atoms with Gasteiger partial charge in [-0.05, 0) is 42.8 Å². The first kappa shape index (κ1) is 25.8. The standard InChI is InChI=1S/C32H25FN4O4/c1-18-4-6-19(7-5-18)22-17-36-24-10-12-35-32(30(24)31(22)38)37-20-8-9-27(23(33)14-20)41-26-11-13-34-25-16-29(40-3)28(39-2)15-21(25)26/h4-17H,1-3H3,(H,35,37)(H,36,38). The van der Waals surface area contributed by atoms with Crippen molar-refractivity contribution in [2.75, 3.05) is 19.5 Å². The van der Waals surface area contributed by atoms with Crippen LogP contribution in [0.3, 0.4) is 0 Å². The van der Waals surface area contributed by atoms with Gasteiger partial charge in [-0.15, -0.1) is 0 Å². The van der Waals surface area contributed by atoms with E-state index in [1.54, 1.807) is 56.0 Å². The molecule has 0 aliphatic carbocycles. The summed E-state index contributed by atoms with van der Waals surface area (Å²) in [7, 11) is 3.08. The number of anilines is 2. The van der Waals surface area contributed by atoms with E-state index >= 15 is 4.39 Å². The lowest BCUT2D eigenvalue weighted by atomic mass is 10.0. The number of ether oxygens (including phenoxy) is 3. The van der Waals surface area contributed by atoms with E-state index in [-0.39, 0.29) is 11.5 Å². The van der Waals surface area contributed by atoms with Gasteiger partial charge < -0.3 is 24.6 Å². The lowest BCUT2D eigenvalue weighted by Gasteiger charge is -2.14. The molecule has 0 aliphatic heterocycles. The van der Waals surface area contributed by atoms with E-state index in [0.717, 1.165) is 11.1 Å². The molecule has 9 heteroatoms. The number of benzene rings is 3. The van der Waals surface area contributed by atoms with Crippen molar-refractivity contribution in [2.45, 2.75) is 6.92 Å². The molecule has 0 atom stereocenters. The minimum absolute atomic E-state index is 0.0230. The Hall–Kier alpha value is -5.44. The van der Waals surface area contributed by atoms with E-state index < -0.39 is 5.82 Å². The largest absolute Gasteiger partial charge is 0.506 e. The molecule has 2 N–H and O–H groups in total. The molecule has 0 bridgehead atoms. The number of hydrogen-bond acceptors (Lipinski definition) is 8. The number of aromatic nitrogens is 3. The van der Waals surface area contributed by atoms with E-state index in [4.69, 9.17) is 14.2 Å². The SMILES string of the molecule is COc1cc2nccc(Oc3ccc(Nc4nccc5ncc(-c6ccc(C)cc6)c(O)c45)cc3F)c2cc1OC. The molecular weight excluding hydrogens is 523 g/mol. The zero-order chi connectivity index (χ0) is 28.5. The lowest BCUT2D eigenvalue weighted by molar-refractivity contribution is 0.355. The minimum Gasteiger partial charge on any atom is -0.506 e. The van der Waals surface area contributed by atoms with Crippen LogP contribution in [0.15, 0.2) is 85.3 Å². The third-order valence-electron chi connectivity index (χ3n) is 6.74. The highest BCUT2D eigenvalue weighted by molar-refractivity contribution is 6.00. The maximum absolute atomic E-state index is 15.3. The number of nitrogens with zero attached hydrogens (tertiary/aromatic N) is 3. The van der Waals surface area contributed by atoms with E-state index in [9.17, 15) is 5.11 Å². The average Bonchev–Trinajstić information content (AvgIpc) is 2.99. The molecule has 0 saturated heterocycles. The van der Waals surface area contributed by atoms with Gasteiger partial charge in [0.25, 0.3) is 0 Å². The highest BCUT2D eigenvalue weighted by Crippen LogP contribution is 2.40. The summed E-state index contributed by atoms with van der Waals surface area (Å²) in [5.41, 5.74) is 4.08. The van der Waals surface area contributed by atoms with Gasteiger partial charge in [0, 0.05) is 47.4 Å². The highest BCUT2D eigenvalue weighted by Gasteiger charge is 2.16. The van der Waals surface area contributed by atoms with Crippen LogP contribution in [-0.2, 0) is 0 Å². The fraction of sp³-hybridized carbons (Fsp3) is 0.0938. The van der Waals surface area contributed by atoms with Crippen molar-refractivity contribution in [1.82, 2.24) is 15.0 Å². The predicted octanol–water partition coefficient (Wildman–Crippen LogP) is 7.55. The third-order valence-corrected chi connectivity index (χ3v) is 6.74. The van der Waals surface area contributed by atoms with Crippen LogP contribution in [0.5, 0.6) is 28.7 Å². The monoisotopic (exact) mass is 548 g/mol. The smallest absolute Gasteiger partial charge is 0.167 e. The van der Waals surface area contributed by atoms with E-state index in [0.29, 0.717) is 56.1 Å². The second kappa shape index (κ2) is 10.6. The Morgan fingerprint density at radius 3 is 2.27 bits per heavy atom. The van der Waals surface area contributed by atoms with Gasteiger partial charge in [0.15, 0.2) is 23.1 Å². The Balaban J connectivity index is 1.32. The fourth-order valence-electron chi connectivity index (χ4n) is 4.61. The summed E-state index contributed by atoms with van der Waals surface area (Å²) in [4.78, 5) is 13.3. The molecule has 204 valence electrons. The second-order valence-electron chi connectivity index (χ2n) is 9.35. The van der Waals surface area contributed by atoms with Gasteiger partial charge >= 0.3 is 0 Å². The number of fused-ring (bicyclic) bond motifs is 2. The van der Waals surface area contributed by atoms with Gasteiger partial charge in [-0.2, -0.15) is 0 Å². The van der Waals surface area contributed by atoms with Crippen molar-refractivity contribution < 1.29 is 23.7 Å². The number of hydrogen-bond donors (Lipinski definition) is 2. The van der Waals surface area contributed by atoms with Crippen LogP contribution < -0.4 is 19.5 Å². The number of methoxy groups -OCH3 is 2. The molecule has 41 heavy (non-hydrogen) atoms. The van der Waals surface area contributed by atoms with Gasteiger partial charge in [0.1, 0.15) is 17.3 Å². The number of aromatic hydroxyl groups is 1. The molecule has 3 heterocycles. The number of halogens is 1. The normalized spacial score (nSPS) is 11.0. The van der Waals surface area contributed by atoms with Crippen LogP contribution in [-0.4, -0.2) is 34.3 Å². The average molecular weight is 549 g/mol. The Morgan fingerprint density at radius 2 is 1.51 bits per heavy atom. The molecule has 3 aromatic heterocycles. The Labute approximate surface area is 235 Å². The maximum Gasteiger partial charge on any atom is 0.167 e. The molecule has 0 radical (unpaired) electrons. The lowest BCUT2D eigenvalue weighted by Crippen LogP contribution is -1.98. The number of nitrogens with one attached hydrogen (secondary N) is 1. The molecule has 0 spiro atoms. The fourth-order valence-corrected chi connectivity index (χ4v) is 4.61. The summed E-state index contributed by atoms with van der Waals surface area (Å²) >= 11 is 0. The van der Waals surface area contributed by atoms with Crippen LogP contribution in [0, 0.1) is 12.7 Å². The van der Waals surface area contributed by atoms with Crippen LogP contribution >= 0.6 is 0 Å². The van der Waals surface area contributed by atoms with E-state index in [1.165, 1.54) is 19.2 Å². The number of rotatable bonds is 7. The van der Waals surface area contributed by atoms with Gasteiger partial charge in [0.05, 0.1) is 30.6 Å². The maximum atomic E-state index is 15.3. The van der Waals surface area contributed by atoms with Crippen LogP contribution in [0.1, 0.15) is 5.56 Å². The highest BCUT2D eigenvalue weighted by atomic mass is 19.1. The van der Waals surface area contributed by atoms with Crippen LogP contribution in [0.4, 0.5) is 15.9 Å². The zero-order valence-electron chi connectivity index (χ0n) is 22.5. The van der Waals surface area contributed by atoms with Crippen molar-refractivity contribution >= 4 is 33.3 Å². The minimum atomic E-state index is -0.594. The van der Waals surface area contributed by atoms with E-state index in [1.807, 2.05) is 31.2 Å². The molecule has 0 saturated carbocycles. The molecule has 0 amide bonds. The quantitative estimate of drug-likeness (QED) is 0.211. The second-order valence-corrected chi connectivity index (χ2v) is 9.35. The van der Waals surface area contributed by atoms with Gasteiger partial charge in [0.2, 0.25) is 0 Å². The topological polar surface area (TPSA) is 98.6 Å². The van der Waals surface area contributed by atoms with Crippen molar-refractivity contribution in [3.05, 3.63) is 96.7 Å². The van der Waals surface area contributed by atoms with Gasteiger partial charge in [-0.25, -0.2) is 9.37 Å². The summed E-state index contributed by atoms with van der Waals surface area (Å²) in [5, 5.41) is 15.4. The van der Waals surface area contributed by atoms with Crippen LogP contribution in [0.25, 0.3) is 32.9 Å². The summed E-state index contributed by atoms with van der Waals surface area (Å²) in [6, 6.07) is 19.1. The Morgan fingerprint density at radius 1 is 0.756 bits per heavy atom. The van der Waals surface area contributed by atoms with Crippen molar-refractivity contribution in [3.8, 4) is 39.9 Å². The Kier molecular flexibility index (Phi) is 6.68. The number of aryl methyl sites for hydroxylation is 1. The summed E-state index contributed by atoms with van der Waals surface area (Å²) in [6.07, 6.45) is 4.79. The molecule has 8 nitrogen and oxygen atoms in total. The number of pyridine rings is 3.